The van der Waals surface area contributed by atoms with Crippen LogP contribution in [0.25, 0.3) is 0 Å². The Morgan fingerprint density at radius 3 is 2.33 bits per heavy atom. The van der Waals surface area contributed by atoms with E-state index >= 15 is 0 Å². The molecule has 1 nitrogen and oxygen atoms in total. The molecule has 1 heteroatoms. The van der Waals surface area contributed by atoms with Crippen molar-refractivity contribution in [3.05, 3.63) is 11.1 Å². The highest BCUT2D eigenvalue weighted by Gasteiger charge is 2.58. The number of aliphatic hydroxyl groups is 1. The number of fused-ring (bicyclic) bond motifs is 4. The zero-order chi connectivity index (χ0) is 21.9. The van der Waals surface area contributed by atoms with Crippen molar-refractivity contribution in [1.82, 2.24) is 0 Å². The van der Waals surface area contributed by atoms with Gasteiger partial charge in [0.1, 0.15) is 0 Å². The lowest BCUT2D eigenvalue weighted by Gasteiger charge is -2.59. The average molecular weight is 415 g/mol. The first kappa shape index (κ1) is 22.9. The van der Waals surface area contributed by atoms with Crippen LogP contribution in [0.5, 0.6) is 0 Å². The van der Waals surface area contributed by atoms with E-state index in [9.17, 15) is 5.11 Å². The third kappa shape index (κ3) is 3.64. The first-order valence-electron chi connectivity index (χ1n) is 13.3. The molecule has 6 atom stereocenters. The monoisotopic (exact) mass is 414 g/mol. The van der Waals surface area contributed by atoms with E-state index in [1.807, 2.05) is 11.1 Å². The summed E-state index contributed by atoms with van der Waals surface area (Å²) in [7, 11) is 0. The fraction of sp³-hybridized carbons (Fsp3) is 0.931. The van der Waals surface area contributed by atoms with Gasteiger partial charge >= 0.3 is 0 Å². The number of allylic oxidation sites excluding steroid dienone is 2. The smallest absolute Gasteiger partial charge is 0.0594 e. The van der Waals surface area contributed by atoms with E-state index in [1.54, 1.807) is 0 Å². The quantitative estimate of drug-likeness (QED) is 0.362. The minimum Gasteiger partial charge on any atom is -0.393 e. The van der Waals surface area contributed by atoms with Crippen LogP contribution < -0.4 is 0 Å². The van der Waals surface area contributed by atoms with E-state index < -0.39 is 0 Å². The molecule has 0 spiro atoms. The second kappa shape index (κ2) is 7.64. The molecule has 0 amide bonds. The summed E-state index contributed by atoms with van der Waals surface area (Å²) >= 11 is 0. The van der Waals surface area contributed by atoms with Crippen LogP contribution in [0.1, 0.15) is 126 Å². The fourth-order valence-electron chi connectivity index (χ4n) is 8.91. The van der Waals surface area contributed by atoms with E-state index in [4.69, 9.17) is 0 Å². The minimum atomic E-state index is -0.115. The van der Waals surface area contributed by atoms with E-state index in [0.29, 0.717) is 22.2 Å². The molecule has 0 aliphatic heterocycles. The molecular formula is C29H50O. The molecule has 4 aliphatic rings. The Labute approximate surface area is 187 Å². The number of aliphatic hydroxyl groups excluding tert-OH is 1. The van der Waals surface area contributed by atoms with Crippen molar-refractivity contribution >= 4 is 0 Å². The summed E-state index contributed by atoms with van der Waals surface area (Å²) in [6.45, 7) is 17.1. The van der Waals surface area contributed by atoms with Gasteiger partial charge in [-0.2, -0.15) is 0 Å². The maximum Gasteiger partial charge on any atom is 0.0594 e. The zero-order valence-electron chi connectivity index (χ0n) is 21.2. The molecule has 0 radical (unpaired) electrons. The number of unbranched alkanes of at least 4 members (excludes halogenated alkanes) is 1. The van der Waals surface area contributed by atoms with Crippen LogP contribution in [-0.4, -0.2) is 11.2 Å². The van der Waals surface area contributed by atoms with Crippen molar-refractivity contribution in [3.63, 3.8) is 0 Å². The molecule has 0 aromatic carbocycles. The largest absolute Gasteiger partial charge is 0.393 e. The molecule has 0 heterocycles. The van der Waals surface area contributed by atoms with Gasteiger partial charge in [0, 0.05) is 0 Å². The zero-order valence-corrected chi connectivity index (χ0v) is 21.2. The highest BCUT2D eigenvalue weighted by atomic mass is 16.3. The molecule has 30 heavy (non-hydrogen) atoms. The Kier molecular flexibility index (Phi) is 5.82. The van der Waals surface area contributed by atoms with Gasteiger partial charge in [0.25, 0.3) is 0 Å². The van der Waals surface area contributed by atoms with Crippen LogP contribution in [0.15, 0.2) is 11.1 Å². The summed E-state index contributed by atoms with van der Waals surface area (Å²) < 4.78 is 0. The molecule has 0 saturated heterocycles. The van der Waals surface area contributed by atoms with E-state index in [-0.39, 0.29) is 11.5 Å². The van der Waals surface area contributed by atoms with Crippen LogP contribution in [0, 0.1) is 39.4 Å². The first-order valence-corrected chi connectivity index (χ1v) is 13.3. The van der Waals surface area contributed by atoms with Gasteiger partial charge in [0.05, 0.1) is 6.10 Å². The van der Waals surface area contributed by atoms with Crippen LogP contribution in [-0.2, 0) is 0 Å². The molecule has 2 saturated carbocycles. The van der Waals surface area contributed by atoms with Crippen LogP contribution in [0.4, 0.5) is 0 Å². The summed E-state index contributed by atoms with van der Waals surface area (Å²) in [6, 6.07) is 0. The average Bonchev–Trinajstić information content (AvgIpc) is 2.98. The Morgan fingerprint density at radius 2 is 1.63 bits per heavy atom. The Balaban J connectivity index is 1.51. The Hall–Kier alpha value is -0.300. The van der Waals surface area contributed by atoms with E-state index in [1.165, 1.54) is 70.6 Å². The highest BCUT2D eigenvalue weighted by Crippen LogP contribution is 2.67. The Morgan fingerprint density at radius 1 is 0.900 bits per heavy atom. The first-order chi connectivity index (χ1) is 13.9. The summed E-state index contributed by atoms with van der Waals surface area (Å²) in [6.07, 6.45) is 16.1. The summed E-state index contributed by atoms with van der Waals surface area (Å²) in [4.78, 5) is 0. The van der Waals surface area contributed by atoms with Crippen molar-refractivity contribution in [1.29, 1.82) is 0 Å². The van der Waals surface area contributed by atoms with Crippen molar-refractivity contribution in [2.24, 2.45) is 39.4 Å². The molecule has 0 bridgehead atoms. The van der Waals surface area contributed by atoms with Gasteiger partial charge in [0.15, 0.2) is 0 Å². The molecule has 1 N–H and O–H groups in total. The van der Waals surface area contributed by atoms with Crippen molar-refractivity contribution in [3.8, 4) is 0 Å². The molecule has 4 rings (SSSR count). The lowest BCUT2D eigenvalue weighted by Crippen LogP contribution is -2.53. The van der Waals surface area contributed by atoms with Crippen LogP contribution >= 0.6 is 0 Å². The maximum atomic E-state index is 10.7. The predicted octanol–water partition coefficient (Wildman–Crippen LogP) is 8.31. The number of hydrogen-bond acceptors (Lipinski definition) is 1. The third-order valence-electron chi connectivity index (χ3n) is 10.8. The lowest BCUT2D eigenvalue weighted by molar-refractivity contribution is -0.0928. The third-order valence-corrected chi connectivity index (χ3v) is 10.8. The molecule has 4 aliphatic carbocycles. The van der Waals surface area contributed by atoms with Gasteiger partial charge in [-0.05, 0) is 104 Å². The van der Waals surface area contributed by atoms with Gasteiger partial charge in [-0.15, -0.1) is 0 Å². The second-order valence-electron chi connectivity index (χ2n) is 14.0. The SMILES string of the molecule is CC(C)(C)CCCCC1CCC2C3=C(CCC12C)C1(C)CCC(O)C(C)(C)C1CC3. The summed E-state index contributed by atoms with van der Waals surface area (Å²) in [5, 5.41) is 10.7. The van der Waals surface area contributed by atoms with Crippen molar-refractivity contribution in [2.75, 3.05) is 0 Å². The summed E-state index contributed by atoms with van der Waals surface area (Å²) in [5.74, 6) is 2.47. The predicted molar refractivity (Wildman–Crippen MR) is 128 cm³/mol. The standard InChI is InChI=1S/C29H50O/c1-26(2,3)17-9-8-10-20-11-13-22-21-12-14-24-27(4,5)25(30)16-19-29(24,7)23(21)15-18-28(20,22)6/h20,22,24-25,30H,8-19H2,1-7H3. The summed E-state index contributed by atoms with van der Waals surface area (Å²) in [5.41, 5.74) is 5.25. The molecule has 172 valence electrons. The number of hydrogen-bond donors (Lipinski definition) is 1. The maximum absolute atomic E-state index is 10.7. The molecular weight excluding hydrogens is 364 g/mol. The van der Waals surface area contributed by atoms with E-state index in [0.717, 1.165) is 18.3 Å². The van der Waals surface area contributed by atoms with Gasteiger partial charge in [0.2, 0.25) is 0 Å². The van der Waals surface area contributed by atoms with Crippen molar-refractivity contribution < 1.29 is 5.11 Å². The lowest BCUT2D eigenvalue weighted by atomic mass is 9.46. The topological polar surface area (TPSA) is 20.2 Å². The van der Waals surface area contributed by atoms with Gasteiger partial charge in [-0.3, -0.25) is 0 Å². The minimum absolute atomic E-state index is 0.0670. The molecule has 2 fully saturated rings. The molecule has 0 aromatic heterocycles. The fourth-order valence-corrected chi connectivity index (χ4v) is 8.91. The highest BCUT2D eigenvalue weighted by molar-refractivity contribution is 5.35. The van der Waals surface area contributed by atoms with Crippen LogP contribution in [0.2, 0.25) is 0 Å². The number of rotatable bonds is 4. The van der Waals surface area contributed by atoms with Gasteiger partial charge in [-0.1, -0.05) is 72.5 Å². The van der Waals surface area contributed by atoms with Crippen molar-refractivity contribution in [2.45, 2.75) is 132 Å². The molecule has 6 unspecified atom stereocenters. The second-order valence-corrected chi connectivity index (χ2v) is 14.0. The normalized spacial score (nSPS) is 43.2. The van der Waals surface area contributed by atoms with Crippen LogP contribution in [0.3, 0.4) is 0 Å². The van der Waals surface area contributed by atoms with E-state index in [2.05, 4.69) is 48.5 Å². The Bertz CT molecular complexity index is 679. The van der Waals surface area contributed by atoms with Gasteiger partial charge < -0.3 is 5.11 Å². The molecule has 0 aromatic rings. The van der Waals surface area contributed by atoms with Gasteiger partial charge in [-0.25, -0.2) is 0 Å².